The van der Waals surface area contributed by atoms with Gasteiger partial charge in [-0.2, -0.15) is 4.98 Å². The van der Waals surface area contributed by atoms with Gasteiger partial charge in [-0.05, 0) is 33.0 Å². The van der Waals surface area contributed by atoms with Gasteiger partial charge in [-0.1, -0.05) is 11.6 Å². The van der Waals surface area contributed by atoms with Crippen molar-refractivity contribution in [3.63, 3.8) is 0 Å². The minimum atomic E-state index is 0.464. The third-order valence-electron chi connectivity index (χ3n) is 3.70. The van der Waals surface area contributed by atoms with Crippen molar-refractivity contribution in [3.8, 4) is 5.88 Å². The number of nitrogens with zero attached hydrogens (tertiary/aromatic N) is 3. The number of anilines is 1. The molecule has 2 atom stereocenters. The number of aromatic nitrogens is 1. The topological polar surface area (TPSA) is 28.6 Å². The molecule has 0 spiro atoms. The molecule has 1 aliphatic heterocycles. The molecule has 5 heteroatoms. The molecule has 1 aliphatic rings. The van der Waals surface area contributed by atoms with Crippen molar-refractivity contribution in [2.24, 2.45) is 0 Å². The Morgan fingerprint density at radius 2 is 1.89 bits per heavy atom. The minimum Gasteiger partial charge on any atom is -0.479 e. The van der Waals surface area contributed by atoms with Gasteiger partial charge in [0, 0.05) is 25.2 Å². The third kappa shape index (κ3) is 2.54. The smallest absolute Gasteiger partial charge is 0.238 e. The number of likely N-dealkylation sites (N-methyl/N-ethyl adjacent to an activating group) is 1. The third-order valence-corrected chi connectivity index (χ3v) is 3.91. The number of piperazine rings is 1. The number of hydrogen-bond donors (Lipinski definition) is 0. The van der Waals surface area contributed by atoms with Crippen LogP contribution in [0.3, 0.4) is 0 Å². The Bertz CT molecular complexity index is 415. The van der Waals surface area contributed by atoms with E-state index in [2.05, 4.69) is 35.7 Å². The monoisotopic (exact) mass is 269 g/mol. The van der Waals surface area contributed by atoms with Crippen LogP contribution < -0.4 is 9.64 Å². The van der Waals surface area contributed by atoms with Crippen LogP contribution in [0.2, 0.25) is 5.15 Å². The van der Waals surface area contributed by atoms with E-state index in [1.807, 2.05) is 12.1 Å². The van der Waals surface area contributed by atoms with Crippen LogP contribution in [0.15, 0.2) is 12.1 Å². The van der Waals surface area contributed by atoms with E-state index in [4.69, 9.17) is 16.3 Å². The van der Waals surface area contributed by atoms with Crippen molar-refractivity contribution >= 4 is 17.3 Å². The van der Waals surface area contributed by atoms with Gasteiger partial charge in [-0.15, -0.1) is 0 Å². The highest BCUT2D eigenvalue weighted by Crippen LogP contribution is 2.30. The highest BCUT2D eigenvalue weighted by molar-refractivity contribution is 6.29. The van der Waals surface area contributed by atoms with E-state index in [-0.39, 0.29) is 0 Å². The standard InChI is InChI=1S/C13H20ClN3O/c1-9-7-17(8-10(2)16(9)3)11-5-6-12(14)15-13(11)18-4/h5-6,9-10H,7-8H2,1-4H3. The normalized spacial score (nSPS) is 25.3. The molecule has 1 fully saturated rings. The second-order valence-electron chi connectivity index (χ2n) is 4.93. The second kappa shape index (κ2) is 5.33. The van der Waals surface area contributed by atoms with E-state index < -0.39 is 0 Å². The average Bonchev–Trinajstić information content (AvgIpc) is 2.35. The van der Waals surface area contributed by atoms with Crippen molar-refractivity contribution in [2.75, 3.05) is 32.1 Å². The van der Waals surface area contributed by atoms with E-state index in [1.54, 1.807) is 7.11 Å². The first-order valence-corrected chi connectivity index (χ1v) is 6.58. The Labute approximate surface area is 114 Å². The zero-order chi connectivity index (χ0) is 13.3. The fraction of sp³-hybridized carbons (Fsp3) is 0.615. The molecule has 100 valence electrons. The number of halogens is 1. The molecule has 1 aromatic heterocycles. The lowest BCUT2D eigenvalue weighted by Crippen LogP contribution is -2.55. The number of methoxy groups -OCH3 is 1. The summed E-state index contributed by atoms with van der Waals surface area (Å²) >= 11 is 5.90. The first-order chi connectivity index (χ1) is 8.52. The molecule has 0 saturated carbocycles. The molecule has 0 bridgehead atoms. The van der Waals surface area contributed by atoms with Gasteiger partial charge < -0.3 is 9.64 Å². The van der Waals surface area contributed by atoms with Crippen LogP contribution >= 0.6 is 11.6 Å². The molecule has 2 rings (SSSR count). The molecule has 0 aliphatic carbocycles. The van der Waals surface area contributed by atoms with Crippen molar-refractivity contribution < 1.29 is 4.74 Å². The molecule has 0 aromatic carbocycles. The fourth-order valence-electron chi connectivity index (χ4n) is 2.40. The van der Waals surface area contributed by atoms with E-state index in [1.165, 1.54) is 0 Å². The lowest BCUT2D eigenvalue weighted by Gasteiger charge is -2.43. The van der Waals surface area contributed by atoms with Gasteiger partial charge in [-0.25, -0.2) is 0 Å². The van der Waals surface area contributed by atoms with E-state index >= 15 is 0 Å². The van der Waals surface area contributed by atoms with Crippen molar-refractivity contribution in [1.29, 1.82) is 0 Å². The Balaban J connectivity index is 2.26. The predicted molar refractivity (Wildman–Crippen MR) is 74.7 cm³/mol. The van der Waals surface area contributed by atoms with Gasteiger partial charge in [0.1, 0.15) is 10.8 Å². The largest absolute Gasteiger partial charge is 0.479 e. The zero-order valence-corrected chi connectivity index (χ0v) is 12.1. The lowest BCUT2D eigenvalue weighted by atomic mass is 10.1. The molecular formula is C13H20ClN3O. The summed E-state index contributed by atoms with van der Waals surface area (Å²) in [4.78, 5) is 8.94. The van der Waals surface area contributed by atoms with E-state index in [0.29, 0.717) is 23.1 Å². The van der Waals surface area contributed by atoms with Gasteiger partial charge >= 0.3 is 0 Å². The van der Waals surface area contributed by atoms with Gasteiger partial charge in [0.15, 0.2) is 0 Å². The fourth-order valence-corrected chi connectivity index (χ4v) is 2.54. The molecule has 4 nitrogen and oxygen atoms in total. The highest BCUT2D eigenvalue weighted by atomic mass is 35.5. The summed E-state index contributed by atoms with van der Waals surface area (Å²) in [5.74, 6) is 0.603. The second-order valence-corrected chi connectivity index (χ2v) is 5.32. The Hall–Kier alpha value is -1.00. The Morgan fingerprint density at radius 3 is 2.44 bits per heavy atom. The van der Waals surface area contributed by atoms with Gasteiger partial charge in [-0.3, -0.25) is 4.90 Å². The van der Waals surface area contributed by atoms with Gasteiger partial charge in [0.05, 0.1) is 7.11 Å². The Kier molecular flexibility index (Phi) is 3.97. The maximum atomic E-state index is 5.90. The summed E-state index contributed by atoms with van der Waals surface area (Å²) < 4.78 is 5.33. The number of pyridine rings is 1. The summed E-state index contributed by atoms with van der Waals surface area (Å²) in [5.41, 5.74) is 1.02. The van der Waals surface area contributed by atoms with E-state index in [9.17, 15) is 0 Å². The average molecular weight is 270 g/mol. The van der Waals surface area contributed by atoms with Crippen molar-refractivity contribution in [1.82, 2.24) is 9.88 Å². The number of rotatable bonds is 2. The van der Waals surface area contributed by atoms with Crippen LogP contribution in [0.5, 0.6) is 5.88 Å². The molecule has 0 amide bonds. The molecule has 2 unspecified atom stereocenters. The molecule has 1 saturated heterocycles. The lowest BCUT2D eigenvalue weighted by molar-refractivity contribution is 0.169. The Morgan fingerprint density at radius 1 is 1.28 bits per heavy atom. The predicted octanol–water partition coefficient (Wildman–Crippen LogP) is 2.27. The summed E-state index contributed by atoms with van der Waals surface area (Å²) in [6, 6.07) is 4.81. The van der Waals surface area contributed by atoms with Crippen molar-refractivity contribution in [2.45, 2.75) is 25.9 Å². The first-order valence-electron chi connectivity index (χ1n) is 6.20. The molecule has 0 radical (unpaired) electrons. The maximum absolute atomic E-state index is 5.90. The summed E-state index contributed by atoms with van der Waals surface area (Å²) in [6.07, 6.45) is 0. The molecule has 1 aromatic rings. The molecule has 0 N–H and O–H groups in total. The summed E-state index contributed by atoms with van der Waals surface area (Å²) in [5, 5.41) is 0.464. The summed E-state index contributed by atoms with van der Waals surface area (Å²) in [7, 11) is 3.80. The highest BCUT2D eigenvalue weighted by Gasteiger charge is 2.28. The number of hydrogen-bond acceptors (Lipinski definition) is 4. The quantitative estimate of drug-likeness (QED) is 0.770. The number of ether oxygens (including phenoxy) is 1. The van der Waals surface area contributed by atoms with Crippen LogP contribution in [0, 0.1) is 0 Å². The SMILES string of the molecule is COc1nc(Cl)ccc1N1CC(C)N(C)C(C)C1. The first kappa shape index (κ1) is 13.4. The maximum Gasteiger partial charge on any atom is 0.238 e. The molecule has 18 heavy (non-hydrogen) atoms. The van der Waals surface area contributed by atoms with Crippen LogP contribution in [-0.2, 0) is 0 Å². The molecular weight excluding hydrogens is 250 g/mol. The van der Waals surface area contributed by atoms with Gasteiger partial charge in [0.2, 0.25) is 5.88 Å². The molecule has 2 heterocycles. The van der Waals surface area contributed by atoms with E-state index in [0.717, 1.165) is 18.8 Å². The van der Waals surface area contributed by atoms with Crippen LogP contribution in [0.4, 0.5) is 5.69 Å². The zero-order valence-electron chi connectivity index (χ0n) is 11.4. The van der Waals surface area contributed by atoms with Crippen LogP contribution in [0.1, 0.15) is 13.8 Å². The summed E-state index contributed by atoms with van der Waals surface area (Å²) in [6.45, 7) is 6.41. The van der Waals surface area contributed by atoms with Crippen molar-refractivity contribution in [3.05, 3.63) is 17.3 Å². The van der Waals surface area contributed by atoms with Crippen LogP contribution in [0.25, 0.3) is 0 Å². The minimum absolute atomic E-state index is 0.464. The van der Waals surface area contributed by atoms with Crippen LogP contribution in [-0.4, -0.2) is 49.2 Å². The van der Waals surface area contributed by atoms with Gasteiger partial charge in [0.25, 0.3) is 0 Å².